The van der Waals surface area contributed by atoms with Crippen LogP contribution in [0, 0.1) is 11.3 Å². The highest BCUT2D eigenvalue weighted by Gasteiger charge is 2.15. The van der Waals surface area contributed by atoms with Crippen LogP contribution >= 0.6 is 23.4 Å². The molecule has 146 valence electrons. The Morgan fingerprint density at radius 3 is 2.76 bits per heavy atom. The first-order chi connectivity index (χ1) is 14.0. The molecule has 0 aliphatic rings. The molecule has 0 saturated carbocycles. The lowest BCUT2D eigenvalue weighted by atomic mass is 10.1. The Bertz CT molecular complexity index is 1100. The van der Waals surface area contributed by atoms with E-state index in [-0.39, 0.29) is 11.4 Å². The quantitative estimate of drug-likeness (QED) is 0.358. The summed E-state index contributed by atoms with van der Waals surface area (Å²) >= 11 is 7.61. The molecule has 0 spiro atoms. The number of methoxy groups -OCH3 is 1. The number of esters is 1. The smallest absolute Gasteiger partial charge is 0.337 e. The summed E-state index contributed by atoms with van der Waals surface area (Å²) in [5, 5.41) is 10.5. The number of nitrogens with two attached hydrogens (primary N) is 1. The summed E-state index contributed by atoms with van der Waals surface area (Å²) in [7, 11) is 1.34. The van der Waals surface area contributed by atoms with E-state index in [0.29, 0.717) is 33.6 Å². The van der Waals surface area contributed by atoms with Crippen LogP contribution in [0.5, 0.6) is 0 Å². The fourth-order valence-electron chi connectivity index (χ4n) is 2.69. The van der Waals surface area contributed by atoms with Crippen molar-refractivity contribution in [3.63, 3.8) is 0 Å². The third-order valence-electron chi connectivity index (χ3n) is 4.13. The van der Waals surface area contributed by atoms with Crippen molar-refractivity contribution >= 4 is 35.1 Å². The number of carbonyl (C=O) groups excluding carboxylic acids is 1. The number of hydrogen-bond acceptors (Lipinski definition) is 7. The molecule has 0 radical (unpaired) electrons. The van der Waals surface area contributed by atoms with Gasteiger partial charge in [-0.15, -0.1) is 0 Å². The van der Waals surface area contributed by atoms with Crippen LogP contribution in [0.3, 0.4) is 0 Å². The Kier molecular flexibility index (Phi) is 6.70. The molecule has 29 heavy (non-hydrogen) atoms. The Balaban J connectivity index is 1.84. The van der Waals surface area contributed by atoms with E-state index in [9.17, 15) is 10.1 Å². The number of anilines is 1. The van der Waals surface area contributed by atoms with Crippen molar-refractivity contribution in [3.05, 3.63) is 81.5 Å². The molecule has 1 heterocycles. The highest BCUT2D eigenvalue weighted by molar-refractivity contribution is 7.98. The Labute approximate surface area is 177 Å². The van der Waals surface area contributed by atoms with Gasteiger partial charge in [0.15, 0.2) is 5.16 Å². The zero-order chi connectivity index (χ0) is 20.8. The van der Waals surface area contributed by atoms with Crippen LogP contribution < -0.4 is 5.73 Å². The van der Waals surface area contributed by atoms with E-state index >= 15 is 0 Å². The molecule has 0 saturated heterocycles. The molecule has 2 N–H and O–H groups in total. The van der Waals surface area contributed by atoms with Gasteiger partial charge in [-0.2, -0.15) is 5.26 Å². The zero-order valence-corrected chi connectivity index (χ0v) is 17.1. The number of nitriles is 1. The summed E-state index contributed by atoms with van der Waals surface area (Å²) in [6, 6.07) is 16.6. The molecular formula is C21H17ClN4O2S. The van der Waals surface area contributed by atoms with E-state index in [4.69, 9.17) is 22.1 Å². The molecule has 0 aliphatic carbocycles. The molecule has 0 bridgehead atoms. The maximum absolute atomic E-state index is 11.7. The van der Waals surface area contributed by atoms with Crippen LogP contribution in [0.4, 0.5) is 5.82 Å². The van der Waals surface area contributed by atoms with Crippen molar-refractivity contribution in [3.8, 4) is 6.07 Å². The Hall–Kier alpha value is -3.08. The molecule has 0 aliphatic heterocycles. The van der Waals surface area contributed by atoms with E-state index in [1.165, 1.54) is 18.9 Å². The van der Waals surface area contributed by atoms with Gasteiger partial charge in [-0.05, 0) is 29.3 Å². The Morgan fingerprint density at radius 2 is 2.03 bits per heavy atom. The molecule has 2 aromatic carbocycles. The van der Waals surface area contributed by atoms with E-state index in [1.54, 1.807) is 24.3 Å². The normalized spacial score (nSPS) is 10.4. The number of nitrogens with zero attached hydrogens (tertiary/aromatic N) is 3. The molecule has 0 fully saturated rings. The first-order valence-electron chi connectivity index (χ1n) is 8.61. The third-order valence-corrected chi connectivity index (χ3v) is 5.42. The summed E-state index contributed by atoms with van der Waals surface area (Å²) in [4.78, 5) is 20.5. The standard InChI is InChI=1S/C21H17ClN4O2S/c1-28-20(27)15-7-4-5-13(9-15)12-29-21-25-18(16(11-23)19(24)26-21)10-14-6-2-3-8-17(14)22/h2-9H,10,12H2,1H3,(H2,24,25,26). The van der Waals surface area contributed by atoms with Gasteiger partial charge in [0.25, 0.3) is 0 Å². The van der Waals surface area contributed by atoms with Crippen molar-refractivity contribution in [1.29, 1.82) is 5.26 Å². The number of halogens is 1. The summed E-state index contributed by atoms with van der Waals surface area (Å²) in [6.45, 7) is 0. The minimum atomic E-state index is -0.391. The van der Waals surface area contributed by atoms with Crippen LogP contribution in [0.25, 0.3) is 0 Å². The number of carbonyl (C=O) groups is 1. The number of nitrogen functional groups attached to an aromatic ring is 1. The second-order valence-electron chi connectivity index (χ2n) is 6.07. The van der Waals surface area contributed by atoms with Crippen LogP contribution in [-0.2, 0) is 16.9 Å². The summed E-state index contributed by atoms with van der Waals surface area (Å²) in [5.74, 6) is 0.273. The monoisotopic (exact) mass is 424 g/mol. The van der Waals surface area contributed by atoms with Gasteiger partial charge in [-0.1, -0.05) is 53.7 Å². The largest absolute Gasteiger partial charge is 0.465 e. The maximum Gasteiger partial charge on any atom is 0.337 e. The predicted molar refractivity (Wildman–Crippen MR) is 113 cm³/mol. The minimum absolute atomic E-state index is 0.135. The lowest BCUT2D eigenvalue weighted by Crippen LogP contribution is -2.06. The van der Waals surface area contributed by atoms with Crippen LogP contribution in [0.1, 0.15) is 32.7 Å². The molecule has 3 aromatic rings. The van der Waals surface area contributed by atoms with Gasteiger partial charge >= 0.3 is 5.97 Å². The highest BCUT2D eigenvalue weighted by atomic mass is 35.5. The number of thioether (sulfide) groups is 1. The van der Waals surface area contributed by atoms with E-state index < -0.39 is 5.97 Å². The van der Waals surface area contributed by atoms with Crippen molar-refractivity contribution < 1.29 is 9.53 Å². The average Bonchev–Trinajstić information content (AvgIpc) is 2.73. The van der Waals surface area contributed by atoms with Gasteiger partial charge in [0.05, 0.1) is 18.4 Å². The topological polar surface area (TPSA) is 102 Å². The average molecular weight is 425 g/mol. The molecule has 8 heteroatoms. The first kappa shape index (κ1) is 20.6. The molecule has 6 nitrogen and oxygen atoms in total. The van der Waals surface area contributed by atoms with Crippen LogP contribution in [0.2, 0.25) is 5.02 Å². The fraction of sp³-hybridized carbons (Fsp3) is 0.143. The maximum atomic E-state index is 11.7. The van der Waals surface area contributed by atoms with Gasteiger partial charge in [-0.25, -0.2) is 14.8 Å². The summed E-state index contributed by atoms with van der Waals surface area (Å²) in [5.41, 5.74) is 9.02. The van der Waals surface area contributed by atoms with E-state index in [1.807, 2.05) is 24.3 Å². The molecule has 1 aromatic heterocycles. The minimum Gasteiger partial charge on any atom is -0.465 e. The van der Waals surface area contributed by atoms with Crippen molar-refractivity contribution in [2.45, 2.75) is 17.3 Å². The zero-order valence-electron chi connectivity index (χ0n) is 15.6. The first-order valence-corrected chi connectivity index (χ1v) is 9.98. The second kappa shape index (κ2) is 9.41. The number of benzene rings is 2. The lowest BCUT2D eigenvalue weighted by molar-refractivity contribution is 0.0600. The van der Waals surface area contributed by atoms with Gasteiger partial charge in [0.1, 0.15) is 17.5 Å². The molecule has 0 unspecified atom stereocenters. The molecule has 0 amide bonds. The SMILES string of the molecule is COC(=O)c1cccc(CSc2nc(N)c(C#N)c(Cc3ccccc3Cl)n2)c1. The summed E-state index contributed by atoms with van der Waals surface area (Å²) in [6.07, 6.45) is 0.376. The third kappa shape index (κ3) is 5.05. The van der Waals surface area contributed by atoms with Crippen LogP contribution in [-0.4, -0.2) is 23.0 Å². The number of aromatic nitrogens is 2. The molecule has 0 atom stereocenters. The number of rotatable bonds is 6. The number of ether oxygens (including phenoxy) is 1. The lowest BCUT2D eigenvalue weighted by Gasteiger charge is -2.10. The van der Waals surface area contributed by atoms with Gasteiger partial charge in [0, 0.05) is 17.2 Å². The molecule has 3 rings (SSSR count). The molecular weight excluding hydrogens is 408 g/mol. The number of hydrogen-bond donors (Lipinski definition) is 1. The van der Waals surface area contributed by atoms with Crippen molar-refractivity contribution in [2.24, 2.45) is 0 Å². The predicted octanol–water partition coefficient (Wildman–Crippen LogP) is 4.25. The van der Waals surface area contributed by atoms with Gasteiger partial charge < -0.3 is 10.5 Å². The van der Waals surface area contributed by atoms with Crippen molar-refractivity contribution in [2.75, 3.05) is 12.8 Å². The second-order valence-corrected chi connectivity index (χ2v) is 7.42. The van der Waals surface area contributed by atoms with Gasteiger partial charge in [-0.3, -0.25) is 0 Å². The fourth-order valence-corrected chi connectivity index (χ4v) is 3.71. The summed E-state index contributed by atoms with van der Waals surface area (Å²) < 4.78 is 4.75. The van der Waals surface area contributed by atoms with Crippen molar-refractivity contribution in [1.82, 2.24) is 9.97 Å². The highest BCUT2D eigenvalue weighted by Crippen LogP contribution is 2.26. The van der Waals surface area contributed by atoms with E-state index in [2.05, 4.69) is 16.0 Å². The van der Waals surface area contributed by atoms with Crippen LogP contribution in [0.15, 0.2) is 53.7 Å². The van der Waals surface area contributed by atoms with E-state index in [0.717, 1.165) is 11.1 Å². The Morgan fingerprint density at radius 1 is 1.24 bits per heavy atom. The van der Waals surface area contributed by atoms with Gasteiger partial charge in [0.2, 0.25) is 0 Å².